The molecule has 118 valence electrons. The fourth-order valence-corrected chi connectivity index (χ4v) is 1.96. The summed E-state index contributed by atoms with van der Waals surface area (Å²) in [6.07, 6.45) is 2.04. The maximum atomic E-state index is 11.7. The Balaban J connectivity index is 2.49. The van der Waals surface area contributed by atoms with Crippen molar-refractivity contribution in [2.75, 3.05) is 27.2 Å². The van der Waals surface area contributed by atoms with Crippen molar-refractivity contribution in [3.8, 4) is 0 Å². The van der Waals surface area contributed by atoms with Crippen LogP contribution in [0.25, 0.3) is 0 Å². The first-order chi connectivity index (χ1) is 9.97. The molecule has 0 saturated carbocycles. The predicted molar refractivity (Wildman–Crippen MR) is 79.0 cm³/mol. The molecule has 21 heavy (non-hydrogen) atoms. The van der Waals surface area contributed by atoms with Crippen molar-refractivity contribution in [1.82, 2.24) is 10.2 Å². The van der Waals surface area contributed by atoms with Gasteiger partial charge in [-0.3, -0.25) is 9.69 Å². The summed E-state index contributed by atoms with van der Waals surface area (Å²) in [5, 5.41) is 2.86. The van der Waals surface area contributed by atoms with E-state index in [1.807, 2.05) is 11.9 Å². The first-order valence-corrected chi connectivity index (χ1v) is 7.10. The van der Waals surface area contributed by atoms with Crippen LogP contribution >= 0.6 is 0 Å². The van der Waals surface area contributed by atoms with Crippen LogP contribution in [-0.2, 0) is 16.1 Å². The van der Waals surface area contributed by atoms with Gasteiger partial charge >= 0.3 is 5.97 Å². The van der Waals surface area contributed by atoms with Gasteiger partial charge < -0.3 is 14.5 Å². The van der Waals surface area contributed by atoms with Gasteiger partial charge in [0.1, 0.15) is 17.1 Å². The van der Waals surface area contributed by atoms with Crippen LogP contribution in [0.5, 0.6) is 0 Å². The molecular formula is C15H24N2O4. The Labute approximate surface area is 125 Å². The lowest BCUT2D eigenvalue weighted by Crippen LogP contribution is -2.35. The Kier molecular flexibility index (Phi) is 6.94. The van der Waals surface area contributed by atoms with Crippen molar-refractivity contribution < 1.29 is 18.7 Å². The third-order valence-corrected chi connectivity index (χ3v) is 3.07. The molecule has 0 unspecified atom stereocenters. The van der Waals surface area contributed by atoms with Gasteiger partial charge in [-0.15, -0.1) is 0 Å². The van der Waals surface area contributed by atoms with Crippen LogP contribution in [0, 0.1) is 6.92 Å². The third-order valence-electron chi connectivity index (χ3n) is 3.07. The Morgan fingerprint density at radius 1 is 1.43 bits per heavy atom. The fourth-order valence-electron chi connectivity index (χ4n) is 1.96. The summed E-state index contributed by atoms with van der Waals surface area (Å²) in [5.41, 5.74) is 0.424. The van der Waals surface area contributed by atoms with Crippen LogP contribution < -0.4 is 5.32 Å². The summed E-state index contributed by atoms with van der Waals surface area (Å²) in [6, 6.07) is 1.66. The SMILES string of the molecule is CCCCNC(=O)CN(C)Cc1cc(C(=O)OC)c(C)o1. The van der Waals surface area contributed by atoms with Crippen LogP contribution in [0.3, 0.4) is 0 Å². The van der Waals surface area contributed by atoms with Gasteiger partial charge in [-0.25, -0.2) is 4.79 Å². The van der Waals surface area contributed by atoms with Crippen LogP contribution in [0.15, 0.2) is 10.5 Å². The molecule has 1 heterocycles. The first-order valence-electron chi connectivity index (χ1n) is 7.10. The quantitative estimate of drug-likeness (QED) is 0.584. The molecule has 1 aromatic heterocycles. The second kappa shape index (κ2) is 8.46. The minimum Gasteiger partial charge on any atom is -0.465 e. The molecule has 0 aliphatic heterocycles. The molecule has 1 rings (SSSR count). The van der Waals surface area contributed by atoms with E-state index in [0.717, 1.165) is 12.8 Å². The topological polar surface area (TPSA) is 71.8 Å². The number of hydrogen-bond donors (Lipinski definition) is 1. The van der Waals surface area contributed by atoms with Crippen molar-refractivity contribution in [2.24, 2.45) is 0 Å². The number of hydrogen-bond acceptors (Lipinski definition) is 5. The molecule has 0 aromatic carbocycles. The highest BCUT2D eigenvalue weighted by molar-refractivity contribution is 5.90. The molecule has 0 atom stereocenters. The molecule has 1 aromatic rings. The molecule has 0 saturated heterocycles. The number of carbonyl (C=O) groups is 2. The van der Waals surface area contributed by atoms with Crippen LogP contribution in [-0.4, -0.2) is 44.0 Å². The van der Waals surface area contributed by atoms with Crippen LogP contribution in [0.4, 0.5) is 0 Å². The normalized spacial score (nSPS) is 10.7. The highest BCUT2D eigenvalue weighted by Gasteiger charge is 2.16. The van der Waals surface area contributed by atoms with Gasteiger partial charge in [-0.2, -0.15) is 0 Å². The van der Waals surface area contributed by atoms with E-state index in [1.165, 1.54) is 7.11 Å². The number of esters is 1. The average molecular weight is 296 g/mol. The van der Waals surface area contributed by atoms with E-state index in [2.05, 4.69) is 17.0 Å². The number of furan rings is 1. The number of likely N-dealkylation sites (N-methyl/N-ethyl adjacent to an activating group) is 1. The number of ether oxygens (including phenoxy) is 1. The molecule has 0 aliphatic rings. The zero-order valence-corrected chi connectivity index (χ0v) is 13.2. The second-order valence-corrected chi connectivity index (χ2v) is 5.05. The van der Waals surface area contributed by atoms with E-state index >= 15 is 0 Å². The van der Waals surface area contributed by atoms with E-state index < -0.39 is 5.97 Å². The van der Waals surface area contributed by atoms with Gasteiger partial charge in [0.15, 0.2) is 0 Å². The van der Waals surface area contributed by atoms with Gasteiger partial charge in [-0.05, 0) is 26.5 Å². The third kappa shape index (κ3) is 5.59. The van der Waals surface area contributed by atoms with Crippen LogP contribution in [0.1, 0.15) is 41.6 Å². The van der Waals surface area contributed by atoms with Crippen molar-refractivity contribution in [2.45, 2.75) is 33.2 Å². The summed E-state index contributed by atoms with van der Waals surface area (Å²) in [6.45, 7) is 5.25. The fraction of sp³-hybridized carbons (Fsp3) is 0.600. The van der Waals surface area contributed by atoms with E-state index in [9.17, 15) is 9.59 Å². The van der Waals surface area contributed by atoms with Gasteiger partial charge in [0.2, 0.25) is 5.91 Å². The molecule has 1 N–H and O–H groups in total. The Hall–Kier alpha value is -1.82. The smallest absolute Gasteiger partial charge is 0.341 e. The van der Waals surface area contributed by atoms with Crippen molar-refractivity contribution in [3.63, 3.8) is 0 Å². The highest BCUT2D eigenvalue weighted by Crippen LogP contribution is 2.16. The molecule has 6 nitrogen and oxygen atoms in total. The number of aryl methyl sites for hydroxylation is 1. The number of rotatable bonds is 8. The number of amides is 1. The van der Waals surface area contributed by atoms with Crippen LogP contribution in [0.2, 0.25) is 0 Å². The Morgan fingerprint density at radius 3 is 2.76 bits per heavy atom. The van der Waals surface area contributed by atoms with Crippen molar-refractivity contribution in [3.05, 3.63) is 23.2 Å². The molecule has 0 spiro atoms. The van der Waals surface area contributed by atoms with Gasteiger partial charge in [0.05, 0.1) is 20.2 Å². The summed E-state index contributed by atoms with van der Waals surface area (Å²) in [7, 11) is 3.16. The number of nitrogens with zero attached hydrogens (tertiary/aromatic N) is 1. The predicted octanol–water partition coefficient (Wildman–Crippen LogP) is 1.72. The summed E-state index contributed by atoms with van der Waals surface area (Å²) in [4.78, 5) is 25.0. The molecule has 6 heteroatoms. The lowest BCUT2D eigenvalue weighted by Gasteiger charge is -2.14. The molecule has 0 aliphatic carbocycles. The molecule has 0 bridgehead atoms. The first kappa shape index (κ1) is 17.2. The largest absolute Gasteiger partial charge is 0.465 e. The minimum absolute atomic E-state index is 0.0116. The lowest BCUT2D eigenvalue weighted by atomic mass is 10.2. The minimum atomic E-state index is -0.414. The lowest BCUT2D eigenvalue weighted by molar-refractivity contribution is -0.122. The second-order valence-electron chi connectivity index (χ2n) is 5.05. The summed E-state index contributed by atoms with van der Waals surface area (Å²) >= 11 is 0. The standard InChI is InChI=1S/C15H24N2O4/c1-5-6-7-16-14(18)10-17(3)9-12-8-13(11(2)21-12)15(19)20-4/h8H,5-7,9-10H2,1-4H3,(H,16,18). The molecular weight excluding hydrogens is 272 g/mol. The van der Waals surface area contributed by atoms with E-state index in [4.69, 9.17) is 4.42 Å². The maximum Gasteiger partial charge on any atom is 0.341 e. The number of nitrogens with one attached hydrogen (secondary N) is 1. The zero-order chi connectivity index (χ0) is 15.8. The Morgan fingerprint density at radius 2 is 2.14 bits per heavy atom. The summed E-state index contributed by atoms with van der Waals surface area (Å²) < 4.78 is 10.2. The Bertz CT molecular complexity index is 482. The molecule has 0 fully saturated rings. The number of unbranched alkanes of at least 4 members (excludes halogenated alkanes) is 1. The molecule has 1 amide bonds. The molecule has 0 radical (unpaired) electrons. The van der Waals surface area contributed by atoms with Crippen molar-refractivity contribution in [1.29, 1.82) is 0 Å². The van der Waals surface area contributed by atoms with Gasteiger partial charge in [-0.1, -0.05) is 13.3 Å². The van der Waals surface area contributed by atoms with Gasteiger partial charge in [0, 0.05) is 6.54 Å². The van der Waals surface area contributed by atoms with E-state index in [1.54, 1.807) is 13.0 Å². The maximum absolute atomic E-state index is 11.7. The van der Waals surface area contributed by atoms with E-state index in [0.29, 0.717) is 30.2 Å². The zero-order valence-electron chi connectivity index (χ0n) is 13.2. The highest BCUT2D eigenvalue weighted by atomic mass is 16.5. The summed E-state index contributed by atoms with van der Waals surface area (Å²) in [5.74, 6) is 0.735. The van der Waals surface area contributed by atoms with Crippen molar-refractivity contribution >= 4 is 11.9 Å². The average Bonchev–Trinajstić information content (AvgIpc) is 2.78. The van der Waals surface area contributed by atoms with Gasteiger partial charge in [0.25, 0.3) is 0 Å². The number of carbonyl (C=O) groups excluding carboxylic acids is 2. The number of methoxy groups -OCH3 is 1. The monoisotopic (exact) mass is 296 g/mol. The van der Waals surface area contributed by atoms with E-state index in [-0.39, 0.29) is 12.5 Å².